The molecule has 10 aliphatic rings. The molecular weight excluding hydrogens is 1020 g/mol. The van der Waals surface area contributed by atoms with Gasteiger partial charge in [0.05, 0.1) is 29.5 Å². The van der Waals surface area contributed by atoms with Crippen molar-refractivity contribution in [2.24, 2.45) is 28.6 Å². The Balaban J connectivity index is 0.969. The molecule has 15 rings (SSSR count). The maximum Gasteiger partial charge on any atom is 0.111 e. The number of nitrogens with one attached hydrogen (secondary N) is 5. The average molecular weight is 1120 g/mol. The lowest BCUT2D eigenvalue weighted by atomic mass is 9.45. The second-order valence-corrected chi connectivity index (χ2v) is 28.5. The lowest BCUT2D eigenvalue weighted by molar-refractivity contribution is -0.239. The summed E-state index contributed by atoms with van der Waals surface area (Å²) in [6.45, 7) is 6.75. The summed E-state index contributed by atoms with van der Waals surface area (Å²) in [5, 5.41) is 45.2. The van der Waals surface area contributed by atoms with Gasteiger partial charge in [0.1, 0.15) is 11.2 Å². The molecule has 15 atom stereocenters. The quantitative estimate of drug-likeness (QED) is 0.0695. The Hall–Kier alpha value is -4.33. The van der Waals surface area contributed by atoms with Gasteiger partial charge in [-0.3, -0.25) is 9.88 Å². The molecule has 6 fully saturated rings. The second kappa shape index (κ2) is 23.1. The second-order valence-electron chi connectivity index (χ2n) is 28.5. The molecule has 6 bridgehead atoms. The van der Waals surface area contributed by atoms with Gasteiger partial charge in [0, 0.05) is 112 Å². The number of hydrogen-bond acceptors (Lipinski definition) is 9. The van der Waals surface area contributed by atoms with Crippen LogP contribution < -0.4 is 16.0 Å². The van der Waals surface area contributed by atoms with E-state index in [9.17, 15) is 10.2 Å². The van der Waals surface area contributed by atoms with Crippen LogP contribution in [-0.4, -0.2) is 122 Å². The number of aromatic nitrogens is 3. The first-order valence-electron chi connectivity index (χ1n) is 34.1. The van der Waals surface area contributed by atoms with E-state index in [4.69, 9.17) is 9.72 Å². The Kier molecular flexibility index (Phi) is 15.4. The fraction of sp³-hybridized carbons (Fsp3) is 0.653. The number of epoxide rings is 1. The van der Waals surface area contributed by atoms with Crippen molar-refractivity contribution in [1.29, 1.82) is 0 Å². The average Bonchev–Trinajstić information content (AvgIpc) is 1.66. The number of nitrogens with zero attached hydrogens (tertiary/aromatic N) is 3. The van der Waals surface area contributed by atoms with Crippen molar-refractivity contribution in [2.75, 3.05) is 45.8 Å². The third-order valence-electron chi connectivity index (χ3n) is 24.1. The topological polar surface area (TPSA) is 140 Å². The van der Waals surface area contributed by atoms with E-state index in [1.807, 2.05) is 0 Å². The Bertz CT molecular complexity index is 3200. The molecule has 0 radical (unpaired) electrons. The Labute approximate surface area is 494 Å². The van der Waals surface area contributed by atoms with Gasteiger partial charge < -0.3 is 45.8 Å². The lowest BCUT2D eigenvalue weighted by Gasteiger charge is -2.68. The van der Waals surface area contributed by atoms with Gasteiger partial charge in [-0.05, 0) is 164 Å². The largest absolute Gasteiger partial charge is 0.390 e. The molecule has 444 valence electrons. The van der Waals surface area contributed by atoms with E-state index in [0.29, 0.717) is 6.42 Å². The first-order valence-corrected chi connectivity index (χ1v) is 34.1. The summed E-state index contributed by atoms with van der Waals surface area (Å²) in [4.78, 5) is 19.7. The van der Waals surface area contributed by atoms with Crippen LogP contribution in [0.1, 0.15) is 189 Å². The highest BCUT2D eigenvalue weighted by Crippen LogP contribution is 2.70. The number of hydrogen-bond donors (Lipinski definition) is 7. The molecule has 7 N–H and O–H groups in total. The van der Waals surface area contributed by atoms with Crippen LogP contribution in [0.3, 0.4) is 0 Å². The van der Waals surface area contributed by atoms with Gasteiger partial charge >= 0.3 is 0 Å². The molecule has 11 heterocycles. The van der Waals surface area contributed by atoms with Crippen LogP contribution in [-0.2, 0) is 11.2 Å². The number of aromatic amines is 2. The minimum Gasteiger partial charge on any atom is -0.390 e. The third kappa shape index (κ3) is 9.47. The molecule has 5 aromatic rings. The minimum atomic E-state index is -1.31. The van der Waals surface area contributed by atoms with Gasteiger partial charge in [0.15, 0.2) is 0 Å². The van der Waals surface area contributed by atoms with Crippen LogP contribution in [0.25, 0.3) is 32.7 Å². The molecule has 83 heavy (non-hydrogen) atoms. The van der Waals surface area contributed by atoms with Crippen LogP contribution in [0.5, 0.6) is 0 Å². The van der Waals surface area contributed by atoms with Gasteiger partial charge in [-0.2, -0.15) is 0 Å². The molecule has 0 amide bonds. The van der Waals surface area contributed by atoms with E-state index in [0.717, 1.165) is 129 Å². The molecule has 3 aromatic heterocycles. The summed E-state index contributed by atoms with van der Waals surface area (Å²) >= 11 is 0. The predicted octanol–water partition coefficient (Wildman–Crippen LogP) is 13.0. The van der Waals surface area contributed by atoms with Crippen molar-refractivity contribution in [3.63, 3.8) is 0 Å². The molecule has 2 aromatic carbocycles. The summed E-state index contributed by atoms with van der Waals surface area (Å²) in [5.74, 6) is 0.0360. The van der Waals surface area contributed by atoms with Crippen molar-refractivity contribution in [3.8, 4) is 0 Å². The zero-order valence-corrected chi connectivity index (χ0v) is 49.9. The van der Waals surface area contributed by atoms with Crippen LogP contribution in [0, 0.1) is 28.6 Å². The molecule has 2 aliphatic carbocycles. The fourth-order valence-electron chi connectivity index (χ4n) is 20.6. The highest BCUT2D eigenvalue weighted by molar-refractivity contribution is 6.08. The zero-order chi connectivity index (χ0) is 55.6. The van der Waals surface area contributed by atoms with Crippen LogP contribution in [0.2, 0.25) is 0 Å². The monoisotopic (exact) mass is 1120 g/mol. The molecule has 11 heteroatoms. The summed E-state index contributed by atoms with van der Waals surface area (Å²) in [6, 6.07) is 20.0. The standard InChI is InChI=1S/C72H98N8O3/c81-65-58(63-61-51(33-41-73-63)49-29-17-19-31-55(49)77-61)54-45-57(80-44-28-16-8-3-11-23-37-71(65,82)67-69(54,48-80)35-21-9-1-5-13-25-39-75-67)53-46-79-43-27-15-7-4-12-24-38-72-66(83-72)59(64-62-52(34-42-74-64)50-30-18-20-32-56(50)78-62)60(53)70(47-79)36-22-10-2-6-14-26-40-76-68(70)72/h1-2,9-10,17-20,29-32,34,42,46,54,57-60,63,65-68,73,75-78,81-82H,3-8,11-16,21-28,33,35-41,43-45,47-48H2/b9-1-,10-2-. The van der Waals surface area contributed by atoms with Crippen LogP contribution in [0.15, 0.2) is 96.9 Å². The van der Waals surface area contributed by atoms with Crippen LogP contribution >= 0.6 is 0 Å². The Morgan fingerprint density at radius 2 is 1.28 bits per heavy atom. The molecule has 11 nitrogen and oxygen atoms in total. The SMILES string of the molecule is OC1C(C2NCCc3c2[nH]c2ccccc32)C2CC(C3=CN4CCCCCCCCC56OC5C(c5nccc7c5[nH]c5ccccc57)C3C3(CC/C=C\CCCCNC36)C4)N3CCCCCCCCC1(O)C1NCCCC/C=C\CCC21C3. The van der Waals surface area contributed by atoms with Crippen molar-refractivity contribution in [3.05, 3.63) is 114 Å². The third-order valence-corrected chi connectivity index (χ3v) is 24.1. The molecule has 4 saturated heterocycles. The smallest absolute Gasteiger partial charge is 0.111 e. The number of para-hydroxylation sites is 2. The van der Waals surface area contributed by atoms with E-state index in [2.05, 4.69) is 127 Å². The van der Waals surface area contributed by atoms with E-state index in [1.54, 1.807) is 5.57 Å². The number of allylic oxidation sites excluding steroid dienone is 4. The number of aliphatic hydroxyl groups is 2. The molecule has 2 saturated carbocycles. The van der Waals surface area contributed by atoms with Gasteiger partial charge in [-0.1, -0.05) is 125 Å². The summed E-state index contributed by atoms with van der Waals surface area (Å²) < 4.78 is 7.87. The highest BCUT2D eigenvalue weighted by atomic mass is 16.6. The fourth-order valence-corrected chi connectivity index (χ4v) is 20.6. The number of H-pyrrole nitrogens is 2. The summed E-state index contributed by atoms with van der Waals surface area (Å²) in [6.07, 6.45) is 42.9. The molecule has 15 unspecified atom stereocenters. The number of aliphatic hydroxyl groups excluding tert-OH is 1. The van der Waals surface area contributed by atoms with Gasteiger partial charge in [-0.15, -0.1) is 0 Å². The predicted molar refractivity (Wildman–Crippen MR) is 335 cm³/mol. The lowest BCUT2D eigenvalue weighted by Crippen LogP contribution is -2.78. The van der Waals surface area contributed by atoms with Crippen LogP contribution in [0.4, 0.5) is 0 Å². The molecule has 8 aliphatic heterocycles. The first kappa shape index (κ1) is 55.3. The number of rotatable bonds is 3. The van der Waals surface area contributed by atoms with Gasteiger partial charge in [0.2, 0.25) is 0 Å². The first-order chi connectivity index (χ1) is 40.9. The zero-order valence-electron chi connectivity index (χ0n) is 49.9. The maximum absolute atomic E-state index is 14.3. The summed E-state index contributed by atoms with van der Waals surface area (Å²) in [5.41, 5.74) is 6.91. The van der Waals surface area contributed by atoms with Gasteiger partial charge in [0.25, 0.3) is 0 Å². The number of benzene rings is 2. The molecule has 3 spiro atoms. The maximum atomic E-state index is 14.3. The van der Waals surface area contributed by atoms with Gasteiger partial charge in [-0.25, -0.2) is 0 Å². The van der Waals surface area contributed by atoms with Crippen molar-refractivity contribution < 1.29 is 14.9 Å². The normalized spacial score (nSPS) is 40.1. The minimum absolute atomic E-state index is 0.0297. The van der Waals surface area contributed by atoms with Crippen molar-refractivity contribution >= 4 is 32.7 Å². The molecular formula is C72H98N8O3. The van der Waals surface area contributed by atoms with Crippen molar-refractivity contribution in [1.82, 2.24) is 40.7 Å². The summed E-state index contributed by atoms with van der Waals surface area (Å²) in [7, 11) is 0. The number of piperidine rings is 1. The number of pyridine rings is 1. The van der Waals surface area contributed by atoms with E-state index >= 15 is 0 Å². The van der Waals surface area contributed by atoms with E-state index in [1.165, 1.54) is 127 Å². The van der Waals surface area contributed by atoms with E-state index in [-0.39, 0.29) is 70.4 Å². The number of ether oxygens (including phenoxy) is 1. The van der Waals surface area contributed by atoms with E-state index < -0.39 is 11.7 Å². The Morgan fingerprint density at radius 3 is 2.07 bits per heavy atom. The highest BCUT2D eigenvalue weighted by Gasteiger charge is 2.77. The Morgan fingerprint density at radius 1 is 0.602 bits per heavy atom. The van der Waals surface area contributed by atoms with Crippen molar-refractivity contribution in [2.45, 2.75) is 220 Å². The number of fused-ring (bicyclic) bond motifs is 8.